The quantitative estimate of drug-likeness (QED) is 0.851. The number of carbonyl (C=O) groups excluding carboxylic acids is 1. The summed E-state index contributed by atoms with van der Waals surface area (Å²) in [4.78, 5) is 18.0. The van der Waals surface area contributed by atoms with Gasteiger partial charge in [-0.2, -0.15) is 0 Å². The van der Waals surface area contributed by atoms with Gasteiger partial charge in [0, 0.05) is 19.0 Å². The van der Waals surface area contributed by atoms with Gasteiger partial charge in [0.1, 0.15) is 5.25 Å². The summed E-state index contributed by atoms with van der Waals surface area (Å²) in [6, 6.07) is 3.48. The van der Waals surface area contributed by atoms with Gasteiger partial charge in [0.15, 0.2) is 9.84 Å². The third-order valence-corrected chi connectivity index (χ3v) is 4.33. The van der Waals surface area contributed by atoms with Gasteiger partial charge in [0.25, 0.3) is 0 Å². The fourth-order valence-corrected chi connectivity index (χ4v) is 2.18. The molecular formula is C14H22N2O3S. The molecule has 6 heteroatoms. The van der Waals surface area contributed by atoms with E-state index in [1.807, 2.05) is 20.8 Å². The van der Waals surface area contributed by atoms with Crippen molar-refractivity contribution in [3.8, 4) is 0 Å². The summed E-state index contributed by atoms with van der Waals surface area (Å²) in [5, 5.41) is -1.06. The highest BCUT2D eigenvalue weighted by molar-refractivity contribution is 7.92. The van der Waals surface area contributed by atoms with Crippen LogP contribution < -0.4 is 4.90 Å². The summed E-state index contributed by atoms with van der Waals surface area (Å²) in [6.45, 7) is 7.83. The molecule has 0 aromatic carbocycles. The Kier molecular flexibility index (Phi) is 4.91. The van der Waals surface area contributed by atoms with Crippen molar-refractivity contribution < 1.29 is 13.2 Å². The zero-order valence-corrected chi connectivity index (χ0v) is 13.4. The molecule has 0 aliphatic heterocycles. The van der Waals surface area contributed by atoms with E-state index in [9.17, 15) is 13.2 Å². The Morgan fingerprint density at radius 1 is 1.40 bits per heavy atom. The van der Waals surface area contributed by atoms with E-state index in [-0.39, 0.29) is 5.41 Å². The molecule has 20 heavy (non-hydrogen) atoms. The standard InChI is InChI=1S/C14H22N2O3S/c1-11(20(5,18)19)13(17)16(10-14(2,3)4)12-7-6-8-15-9-12/h6-9,11H,10H2,1-5H3/t11-/m0/s1. The summed E-state index contributed by atoms with van der Waals surface area (Å²) in [7, 11) is -3.42. The molecule has 0 spiro atoms. The normalized spacial score (nSPS) is 13.8. The van der Waals surface area contributed by atoms with Crippen LogP contribution in [0.4, 0.5) is 5.69 Å². The second-order valence-corrected chi connectivity index (χ2v) is 8.53. The molecule has 1 aromatic rings. The van der Waals surface area contributed by atoms with Crippen LogP contribution in [0, 0.1) is 5.41 Å². The second kappa shape index (κ2) is 5.91. The Balaban J connectivity index is 3.16. The highest BCUT2D eigenvalue weighted by Gasteiger charge is 2.31. The minimum absolute atomic E-state index is 0.150. The van der Waals surface area contributed by atoms with Crippen molar-refractivity contribution in [3.63, 3.8) is 0 Å². The highest BCUT2D eigenvalue weighted by Crippen LogP contribution is 2.22. The van der Waals surface area contributed by atoms with Gasteiger partial charge in [-0.05, 0) is 24.5 Å². The molecule has 0 radical (unpaired) electrons. The third-order valence-electron chi connectivity index (χ3n) is 2.85. The molecule has 0 saturated carbocycles. The summed E-state index contributed by atoms with van der Waals surface area (Å²) in [6.07, 6.45) is 4.26. The smallest absolute Gasteiger partial charge is 0.245 e. The molecule has 5 nitrogen and oxygen atoms in total. The van der Waals surface area contributed by atoms with E-state index < -0.39 is 21.0 Å². The van der Waals surface area contributed by atoms with E-state index in [0.29, 0.717) is 12.2 Å². The lowest BCUT2D eigenvalue weighted by molar-refractivity contribution is -0.118. The van der Waals surface area contributed by atoms with Gasteiger partial charge in [0.05, 0.1) is 11.9 Å². The van der Waals surface area contributed by atoms with E-state index in [4.69, 9.17) is 0 Å². The first-order valence-corrected chi connectivity index (χ1v) is 8.38. The average Bonchev–Trinajstić information content (AvgIpc) is 2.33. The lowest BCUT2D eigenvalue weighted by Gasteiger charge is -2.31. The van der Waals surface area contributed by atoms with Crippen LogP contribution in [0.25, 0.3) is 0 Å². The van der Waals surface area contributed by atoms with E-state index in [0.717, 1.165) is 6.26 Å². The summed E-state index contributed by atoms with van der Waals surface area (Å²) in [5.41, 5.74) is 0.464. The number of nitrogens with zero attached hydrogens (tertiary/aromatic N) is 2. The van der Waals surface area contributed by atoms with Crippen molar-refractivity contribution in [3.05, 3.63) is 24.5 Å². The first-order valence-electron chi connectivity index (χ1n) is 6.42. The van der Waals surface area contributed by atoms with Crippen LogP contribution >= 0.6 is 0 Å². The molecule has 0 aliphatic carbocycles. The SMILES string of the molecule is C[C@@H](C(=O)N(CC(C)(C)C)c1cccnc1)S(C)(=O)=O. The molecular weight excluding hydrogens is 276 g/mol. The first kappa shape index (κ1) is 16.6. The molecule has 0 N–H and O–H groups in total. The number of carbonyl (C=O) groups is 1. The molecule has 112 valence electrons. The van der Waals surface area contributed by atoms with Crippen LogP contribution in [0.3, 0.4) is 0 Å². The van der Waals surface area contributed by atoms with Crippen LogP contribution in [0.2, 0.25) is 0 Å². The predicted molar refractivity (Wildman–Crippen MR) is 80.4 cm³/mol. The average molecular weight is 298 g/mol. The van der Waals surface area contributed by atoms with Crippen molar-refractivity contribution in [2.75, 3.05) is 17.7 Å². The maximum Gasteiger partial charge on any atom is 0.245 e. The molecule has 0 unspecified atom stereocenters. The zero-order valence-electron chi connectivity index (χ0n) is 12.6. The largest absolute Gasteiger partial charge is 0.309 e. The number of rotatable bonds is 4. The summed E-state index contributed by atoms with van der Waals surface area (Å²) >= 11 is 0. The number of pyridine rings is 1. The van der Waals surface area contributed by atoms with E-state index >= 15 is 0 Å². The van der Waals surface area contributed by atoms with Crippen LogP contribution in [-0.4, -0.2) is 37.4 Å². The number of sulfone groups is 1. The van der Waals surface area contributed by atoms with Crippen molar-refractivity contribution in [2.45, 2.75) is 32.9 Å². The van der Waals surface area contributed by atoms with Crippen LogP contribution in [0.5, 0.6) is 0 Å². The Labute approximate surface area is 120 Å². The maximum absolute atomic E-state index is 12.5. The first-order chi connectivity index (χ1) is 9.02. The molecule has 0 bridgehead atoms. The zero-order chi connectivity index (χ0) is 15.6. The molecule has 1 rings (SSSR count). The van der Waals surface area contributed by atoms with E-state index in [1.165, 1.54) is 11.8 Å². The molecule has 0 aliphatic rings. The predicted octanol–water partition coefficient (Wildman–Crippen LogP) is 1.89. The molecule has 1 heterocycles. The third kappa shape index (κ3) is 4.59. The number of hydrogen-bond acceptors (Lipinski definition) is 4. The summed E-state index contributed by atoms with van der Waals surface area (Å²) in [5.74, 6) is -0.421. The Morgan fingerprint density at radius 2 is 2.00 bits per heavy atom. The van der Waals surface area contributed by atoms with Crippen molar-refractivity contribution in [2.24, 2.45) is 5.41 Å². The number of anilines is 1. The molecule has 1 atom stereocenters. The van der Waals surface area contributed by atoms with Crippen molar-refractivity contribution in [1.29, 1.82) is 0 Å². The second-order valence-electron chi connectivity index (χ2n) is 6.17. The lowest BCUT2D eigenvalue weighted by atomic mass is 9.95. The number of amides is 1. The van der Waals surface area contributed by atoms with Crippen molar-refractivity contribution >= 4 is 21.4 Å². The van der Waals surface area contributed by atoms with Gasteiger partial charge < -0.3 is 4.90 Å². The molecule has 1 amide bonds. The monoisotopic (exact) mass is 298 g/mol. The van der Waals surface area contributed by atoms with Gasteiger partial charge in [0.2, 0.25) is 5.91 Å². The van der Waals surface area contributed by atoms with Crippen LogP contribution in [0.1, 0.15) is 27.7 Å². The van der Waals surface area contributed by atoms with E-state index in [1.54, 1.807) is 24.5 Å². The van der Waals surface area contributed by atoms with Gasteiger partial charge in [-0.1, -0.05) is 20.8 Å². The maximum atomic E-state index is 12.5. The minimum atomic E-state index is -3.42. The Morgan fingerprint density at radius 3 is 2.40 bits per heavy atom. The Hall–Kier alpha value is -1.43. The van der Waals surface area contributed by atoms with Gasteiger partial charge in [-0.15, -0.1) is 0 Å². The highest BCUT2D eigenvalue weighted by atomic mass is 32.2. The lowest BCUT2D eigenvalue weighted by Crippen LogP contribution is -2.45. The molecule has 1 aromatic heterocycles. The number of aromatic nitrogens is 1. The van der Waals surface area contributed by atoms with Gasteiger partial charge >= 0.3 is 0 Å². The van der Waals surface area contributed by atoms with Crippen molar-refractivity contribution in [1.82, 2.24) is 4.98 Å². The van der Waals surface area contributed by atoms with Gasteiger partial charge in [-0.25, -0.2) is 8.42 Å². The molecule has 0 saturated heterocycles. The number of hydrogen-bond donors (Lipinski definition) is 0. The summed E-state index contributed by atoms with van der Waals surface area (Å²) < 4.78 is 23.2. The van der Waals surface area contributed by atoms with Crippen LogP contribution in [-0.2, 0) is 14.6 Å². The fraction of sp³-hybridized carbons (Fsp3) is 0.571. The fourth-order valence-electron chi connectivity index (χ4n) is 1.69. The minimum Gasteiger partial charge on any atom is -0.309 e. The van der Waals surface area contributed by atoms with Gasteiger partial charge in [-0.3, -0.25) is 9.78 Å². The Bertz CT molecular complexity index is 562. The molecule has 0 fully saturated rings. The van der Waals surface area contributed by atoms with E-state index in [2.05, 4.69) is 4.98 Å². The van der Waals surface area contributed by atoms with Crippen LogP contribution in [0.15, 0.2) is 24.5 Å². The topological polar surface area (TPSA) is 67.3 Å².